The van der Waals surface area contributed by atoms with Gasteiger partial charge in [-0.15, -0.1) is 0 Å². The second-order valence-corrected chi connectivity index (χ2v) is 13.1. The highest BCUT2D eigenvalue weighted by molar-refractivity contribution is 6.78. The van der Waals surface area contributed by atoms with Gasteiger partial charge in [0.15, 0.2) is 0 Å². The fourth-order valence-corrected chi connectivity index (χ4v) is 9.53. The lowest BCUT2D eigenvalue weighted by Gasteiger charge is -2.43. The Balaban J connectivity index is 2.44. The molecule has 2 rings (SSSR count). The minimum absolute atomic E-state index is 0.614. The van der Waals surface area contributed by atoms with E-state index < -0.39 is 8.32 Å². The average molecular weight is 317 g/mol. The highest BCUT2D eigenvalue weighted by atomic mass is 28.4. The zero-order valence-corrected chi connectivity index (χ0v) is 16.4. The standard InChI is InChI=1S/C20H32OSi/c1-14(2)22(15(3)4,16(5)6)21-20-10-8-9-18-12-11-17(7)13-19(18)20/h10-16H,8-9H2,1-7H3. The molecule has 122 valence electrons. The molecule has 0 amide bonds. The first kappa shape index (κ1) is 17.3. The van der Waals surface area contributed by atoms with Gasteiger partial charge in [-0.1, -0.05) is 59.2 Å². The summed E-state index contributed by atoms with van der Waals surface area (Å²) in [6, 6.07) is 6.81. The molecule has 2 heteroatoms. The average Bonchev–Trinajstić information content (AvgIpc) is 2.43. The SMILES string of the molecule is Cc1ccc2c(c1)C(O[Si](C(C)C)(C(C)C)C(C)C)=CCC2. The van der Waals surface area contributed by atoms with Gasteiger partial charge >= 0.3 is 0 Å². The summed E-state index contributed by atoms with van der Waals surface area (Å²) in [5, 5.41) is 0. The van der Waals surface area contributed by atoms with E-state index >= 15 is 0 Å². The maximum absolute atomic E-state index is 6.94. The van der Waals surface area contributed by atoms with Crippen molar-refractivity contribution in [2.75, 3.05) is 0 Å². The molecule has 1 aliphatic rings. The normalized spacial score (nSPS) is 15.3. The van der Waals surface area contributed by atoms with E-state index in [4.69, 9.17) is 4.43 Å². The Hall–Kier alpha value is -1.02. The molecule has 1 aliphatic carbocycles. The Kier molecular flexibility index (Phi) is 5.21. The van der Waals surface area contributed by atoms with Crippen LogP contribution in [0.25, 0.3) is 5.76 Å². The predicted octanol–water partition coefficient (Wildman–Crippen LogP) is 6.47. The van der Waals surface area contributed by atoms with Crippen molar-refractivity contribution in [1.29, 1.82) is 0 Å². The molecule has 0 spiro atoms. The first-order chi connectivity index (χ1) is 10.3. The van der Waals surface area contributed by atoms with Gasteiger partial charge in [-0.05, 0) is 54.1 Å². The predicted molar refractivity (Wildman–Crippen MR) is 99.6 cm³/mol. The van der Waals surface area contributed by atoms with Crippen LogP contribution < -0.4 is 0 Å². The highest BCUT2D eigenvalue weighted by Crippen LogP contribution is 2.45. The Morgan fingerprint density at radius 2 is 1.55 bits per heavy atom. The smallest absolute Gasteiger partial charge is 0.258 e. The summed E-state index contributed by atoms with van der Waals surface area (Å²) in [4.78, 5) is 0. The largest absolute Gasteiger partial charge is 0.542 e. The van der Waals surface area contributed by atoms with Crippen molar-refractivity contribution in [1.82, 2.24) is 0 Å². The second kappa shape index (κ2) is 6.62. The topological polar surface area (TPSA) is 9.23 Å². The van der Waals surface area contributed by atoms with Crippen molar-refractivity contribution in [2.24, 2.45) is 0 Å². The summed E-state index contributed by atoms with van der Waals surface area (Å²) in [5.41, 5.74) is 5.95. The van der Waals surface area contributed by atoms with E-state index in [1.54, 1.807) is 0 Å². The third-order valence-electron chi connectivity index (χ3n) is 5.27. The molecular weight excluding hydrogens is 284 g/mol. The fourth-order valence-electron chi connectivity index (χ4n) is 4.25. The van der Waals surface area contributed by atoms with Crippen LogP contribution in [0.4, 0.5) is 0 Å². The summed E-state index contributed by atoms with van der Waals surface area (Å²) in [5.74, 6) is 1.16. The van der Waals surface area contributed by atoms with Crippen LogP contribution in [-0.4, -0.2) is 8.32 Å². The van der Waals surface area contributed by atoms with E-state index in [0.717, 1.165) is 18.6 Å². The number of fused-ring (bicyclic) bond motifs is 1. The van der Waals surface area contributed by atoms with Gasteiger partial charge in [-0.25, -0.2) is 0 Å². The minimum Gasteiger partial charge on any atom is -0.542 e. The molecule has 1 aromatic carbocycles. The first-order valence-electron chi connectivity index (χ1n) is 8.78. The van der Waals surface area contributed by atoms with Crippen LogP contribution in [0.1, 0.15) is 64.7 Å². The van der Waals surface area contributed by atoms with Crippen molar-refractivity contribution in [3.63, 3.8) is 0 Å². The summed E-state index contributed by atoms with van der Waals surface area (Å²) >= 11 is 0. The van der Waals surface area contributed by atoms with E-state index in [1.165, 1.54) is 16.7 Å². The van der Waals surface area contributed by atoms with Crippen molar-refractivity contribution in [2.45, 2.75) is 77.9 Å². The molecule has 0 N–H and O–H groups in total. The number of benzene rings is 1. The van der Waals surface area contributed by atoms with Gasteiger partial charge in [0.25, 0.3) is 8.32 Å². The zero-order valence-electron chi connectivity index (χ0n) is 15.4. The molecule has 1 nitrogen and oxygen atoms in total. The van der Waals surface area contributed by atoms with E-state index in [-0.39, 0.29) is 0 Å². The Morgan fingerprint density at radius 3 is 2.09 bits per heavy atom. The van der Waals surface area contributed by atoms with Gasteiger partial charge in [0.05, 0.1) is 0 Å². The number of rotatable bonds is 5. The molecule has 0 saturated carbocycles. The lowest BCUT2D eigenvalue weighted by Crippen LogP contribution is -2.47. The van der Waals surface area contributed by atoms with Crippen LogP contribution in [0.3, 0.4) is 0 Å². The maximum atomic E-state index is 6.94. The van der Waals surface area contributed by atoms with Gasteiger partial charge < -0.3 is 4.43 Å². The fraction of sp³-hybridized carbons (Fsp3) is 0.600. The molecule has 0 bridgehead atoms. The van der Waals surface area contributed by atoms with Crippen LogP contribution in [0.5, 0.6) is 0 Å². The lowest BCUT2D eigenvalue weighted by atomic mass is 9.94. The molecule has 22 heavy (non-hydrogen) atoms. The van der Waals surface area contributed by atoms with Crippen molar-refractivity contribution < 1.29 is 4.43 Å². The van der Waals surface area contributed by atoms with Crippen LogP contribution in [0.15, 0.2) is 24.3 Å². The minimum atomic E-state index is -1.87. The third kappa shape index (κ3) is 3.03. The molecule has 0 fully saturated rings. The van der Waals surface area contributed by atoms with E-state index in [2.05, 4.69) is 72.7 Å². The zero-order chi connectivity index (χ0) is 16.5. The van der Waals surface area contributed by atoms with Gasteiger partial charge in [0, 0.05) is 5.56 Å². The summed E-state index contributed by atoms with van der Waals surface area (Å²) < 4.78 is 6.94. The quantitative estimate of drug-likeness (QED) is 0.565. The molecule has 0 saturated heterocycles. The Morgan fingerprint density at radius 1 is 0.955 bits per heavy atom. The van der Waals surface area contributed by atoms with E-state index in [0.29, 0.717) is 16.6 Å². The van der Waals surface area contributed by atoms with Crippen LogP contribution in [-0.2, 0) is 10.8 Å². The number of aryl methyl sites for hydroxylation is 2. The second-order valence-electron chi connectivity index (χ2n) is 7.69. The first-order valence-corrected chi connectivity index (χ1v) is 10.9. The van der Waals surface area contributed by atoms with Gasteiger partial charge in [0.1, 0.15) is 5.76 Å². The van der Waals surface area contributed by atoms with E-state index in [1.807, 2.05) is 0 Å². The van der Waals surface area contributed by atoms with Crippen molar-refractivity contribution in [3.8, 4) is 0 Å². The molecule has 0 atom stereocenters. The number of hydrogen-bond donors (Lipinski definition) is 0. The lowest BCUT2D eigenvalue weighted by molar-refractivity contribution is 0.440. The molecule has 0 aliphatic heterocycles. The van der Waals surface area contributed by atoms with E-state index in [9.17, 15) is 0 Å². The van der Waals surface area contributed by atoms with Crippen molar-refractivity contribution >= 4 is 14.1 Å². The maximum Gasteiger partial charge on any atom is 0.258 e. The van der Waals surface area contributed by atoms with Crippen molar-refractivity contribution in [3.05, 3.63) is 41.0 Å². The van der Waals surface area contributed by atoms with Gasteiger partial charge in [0.2, 0.25) is 0 Å². The van der Waals surface area contributed by atoms with Crippen LogP contribution in [0.2, 0.25) is 16.6 Å². The monoisotopic (exact) mass is 316 g/mol. The van der Waals surface area contributed by atoms with Crippen LogP contribution in [0, 0.1) is 6.92 Å². The number of allylic oxidation sites excluding steroid dienone is 1. The molecule has 0 radical (unpaired) electrons. The summed E-state index contributed by atoms with van der Waals surface area (Å²) in [6.45, 7) is 16.3. The molecule has 0 heterocycles. The molecule has 0 unspecified atom stereocenters. The molecular formula is C20H32OSi. The summed E-state index contributed by atoms with van der Waals surface area (Å²) in [7, 11) is -1.87. The Bertz CT molecular complexity index is 533. The summed E-state index contributed by atoms with van der Waals surface area (Å²) in [6.07, 6.45) is 4.57. The highest BCUT2D eigenvalue weighted by Gasteiger charge is 2.47. The van der Waals surface area contributed by atoms with Gasteiger partial charge in [-0.2, -0.15) is 0 Å². The molecule has 0 aromatic heterocycles. The molecule has 1 aromatic rings. The van der Waals surface area contributed by atoms with Crippen LogP contribution >= 0.6 is 0 Å². The third-order valence-corrected chi connectivity index (χ3v) is 11.3. The van der Waals surface area contributed by atoms with Gasteiger partial charge in [-0.3, -0.25) is 0 Å². The Labute approximate surface area is 137 Å². The number of hydrogen-bond acceptors (Lipinski definition) is 1.